The summed E-state index contributed by atoms with van der Waals surface area (Å²) in [5.41, 5.74) is 3.42. The van der Waals surface area contributed by atoms with E-state index < -0.39 is 0 Å². The van der Waals surface area contributed by atoms with Crippen LogP contribution in [0.3, 0.4) is 0 Å². The molecule has 0 bridgehead atoms. The fourth-order valence-electron chi connectivity index (χ4n) is 4.08. The maximum Gasteiger partial charge on any atom is 0.238 e. The molecule has 2 aromatic carbocycles. The van der Waals surface area contributed by atoms with Crippen LogP contribution in [0.2, 0.25) is 0 Å². The molecule has 3 rings (SSSR count). The molecular weight excluding hydrogens is 402 g/mol. The summed E-state index contributed by atoms with van der Waals surface area (Å²) in [6, 6.07) is 18.2. The van der Waals surface area contributed by atoms with Crippen molar-refractivity contribution in [3.63, 3.8) is 0 Å². The molecule has 6 nitrogen and oxygen atoms in total. The predicted molar refractivity (Wildman–Crippen MR) is 126 cm³/mol. The van der Waals surface area contributed by atoms with Gasteiger partial charge in [0.1, 0.15) is 0 Å². The molecule has 172 valence electrons. The average molecular weight is 438 g/mol. The van der Waals surface area contributed by atoms with Gasteiger partial charge in [-0.1, -0.05) is 68.4 Å². The van der Waals surface area contributed by atoms with Crippen LogP contribution in [0, 0.1) is 0 Å². The number of nitrogens with zero attached hydrogens (tertiary/aromatic N) is 1. The molecule has 0 saturated carbocycles. The van der Waals surface area contributed by atoms with Gasteiger partial charge in [0, 0.05) is 20.0 Å². The molecule has 1 fully saturated rings. The van der Waals surface area contributed by atoms with E-state index in [-0.39, 0.29) is 23.9 Å². The molecule has 6 heteroatoms. The highest BCUT2D eigenvalue weighted by Crippen LogP contribution is 2.26. The number of carbonyl (C=O) groups excluding carboxylic acids is 2. The molecule has 0 unspecified atom stereocenters. The average Bonchev–Trinajstić information content (AvgIpc) is 3.26. The second kappa shape index (κ2) is 11.8. The van der Waals surface area contributed by atoms with Crippen molar-refractivity contribution in [1.29, 1.82) is 0 Å². The first-order valence-electron chi connectivity index (χ1n) is 11.5. The summed E-state index contributed by atoms with van der Waals surface area (Å²) < 4.78 is 5.69. The second-order valence-corrected chi connectivity index (χ2v) is 8.66. The van der Waals surface area contributed by atoms with Gasteiger partial charge in [-0.15, -0.1) is 0 Å². The van der Waals surface area contributed by atoms with Crippen LogP contribution in [0.1, 0.15) is 62.3 Å². The Morgan fingerprint density at radius 2 is 1.69 bits per heavy atom. The summed E-state index contributed by atoms with van der Waals surface area (Å²) in [5.74, 6) is 0.418. The smallest absolute Gasteiger partial charge is 0.238 e. The Morgan fingerprint density at radius 3 is 2.34 bits per heavy atom. The summed E-state index contributed by atoms with van der Waals surface area (Å²) in [5, 5.41) is 6.01. The van der Waals surface area contributed by atoms with Crippen LogP contribution in [0.25, 0.3) is 0 Å². The monoisotopic (exact) mass is 437 g/mol. The van der Waals surface area contributed by atoms with Crippen LogP contribution in [0.5, 0.6) is 0 Å². The van der Waals surface area contributed by atoms with E-state index >= 15 is 0 Å². The van der Waals surface area contributed by atoms with E-state index in [0.717, 1.165) is 30.5 Å². The third-order valence-corrected chi connectivity index (χ3v) is 5.90. The lowest BCUT2D eigenvalue weighted by Gasteiger charge is -2.27. The van der Waals surface area contributed by atoms with Crippen molar-refractivity contribution >= 4 is 11.8 Å². The molecular formula is C26H35N3O3. The van der Waals surface area contributed by atoms with E-state index in [9.17, 15) is 9.59 Å². The number of nitrogens with one attached hydrogen (secondary N) is 2. The van der Waals surface area contributed by atoms with E-state index in [1.54, 1.807) is 0 Å². The van der Waals surface area contributed by atoms with Gasteiger partial charge in [0.25, 0.3) is 0 Å². The number of carbonyl (C=O) groups is 2. The fraction of sp³-hybridized carbons (Fsp3) is 0.462. The van der Waals surface area contributed by atoms with Gasteiger partial charge in [-0.05, 0) is 35.4 Å². The van der Waals surface area contributed by atoms with E-state index in [4.69, 9.17) is 4.74 Å². The van der Waals surface area contributed by atoms with Crippen LogP contribution in [0.4, 0.5) is 0 Å². The first-order chi connectivity index (χ1) is 15.5. The molecule has 2 amide bonds. The number of benzene rings is 2. The number of hydrogen-bond donors (Lipinski definition) is 2. The molecule has 2 aromatic rings. The van der Waals surface area contributed by atoms with Gasteiger partial charge in [0.05, 0.1) is 25.4 Å². The van der Waals surface area contributed by atoms with Gasteiger partial charge < -0.3 is 15.4 Å². The molecule has 2 atom stereocenters. The minimum absolute atomic E-state index is 0.0229. The number of hydrogen-bond acceptors (Lipinski definition) is 4. The van der Waals surface area contributed by atoms with Gasteiger partial charge in [-0.25, -0.2) is 0 Å². The Labute approximate surface area is 191 Å². The van der Waals surface area contributed by atoms with E-state index in [0.29, 0.717) is 25.8 Å². The minimum Gasteiger partial charge on any atom is -0.364 e. The van der Waals surface area contributed by atoms with Gasteiger partial charge in [-0.2, -0.15) is 0 Å². The third kappa shape index (κ3) is 6.65. The molecule has 0 radical (unpaired) electrons. The normalized spacial score (nSPS) is 17.3. The predicted octanol–water partition coefficient (Wildman–Crippen LogP) is 3.59. The van der Waals surface area contributed by atoms with Crippen LogP contribution in [-0.4, -0.2) is 49.2 Å². The van der Waals surface area contributed by atoms with Gasteiger partial charge in [-0.3, -0.25) is 14.5 Å². The van der Waals surface area contributed by atoms with E-state index in [1.807, 2.05) is 18.2 Å². The summed E-state index contributed by atoms with van der Waals surface area (Å²) in [6.07, 6.45) is 1.78. The highest BCUT2D eigenvalue weighted by molar-refractivity contribution is 5.83. The Kier molecular flexibility index (Phi) is 8.82. The lowest BCUT2D eigenvalue weighted by molar-refractivity contribution is -0.128. The molecule has 0 spiro atoms. The standard InChI is InChI=1S/C26H35N3O3/c1-19(2)21-11-13-23(14-12-21)25(22-8-5-4-6-9-22)28-26(31)24-10-7-16-29(24)18-32-17-15-27-20(3)30/h4-6,8-9,11-14,19,24-25H,7,10,15-18H2,1-3H3,(H,27,30)(H,28,31)/t24-,25-/m0/s1. The van der Waals surface area contributed by atoms with Crippen molar-refractivity contribution in [1.82, 2.24) is 15.5 Å². The topological polar surface area (TPSA) is 70.7 Å². The summed E-state index contributed by atoms with van der Waals surface area (Å²) in [4.78, 5) is 26.3. The van der Waals surface area contributed by atoms with Crippen molar-refractivity contribution < 1.29 is 14.3 Å². The SMILES string of the molecule is CC(=O)NCCOCN1CCC[C@H]1C(=O)N[C@@H](c1ccccc1)c1ccc(C(C)C)cc1. The first-order valence-corrected chi connectivity index (χ1v) is 11.5. The Bertz CT molecular complexity index is 868. The summed E-state index contributed by atoms with van der Waals surface area (Å²) in [7, 11) is 0. The summed E-state index contributed by atoms with van der Waals surface area (Å²) >= 11 is 0. The maximum absolute atomic E-state index is 13.3. The molecule has 1 aliphatic rings. The van der Waals surface area contributed by atoms with E-state index in [2.05, 4.69) is 65.8 Å². The highest BCUT2D eigenvalue weighted by Gasteiger charge is 2.32. The van der Waals surface area contributed by atoms with Crippen LogP contribution in [0.15, 0.2) is 54.6 Å². The molecule has 0 aliphatic carbocycles. The maximum atomic E-state index is 13.3. The lowest BCUT2D eigenvalue weighted by atomic mass is 9.95. The highest BCUT2D eigenvalue weighted by atomic mass is 16.5. The first kappa shape index (κ1) is 24.0. The Morgan fingerprint density at radius 1 is 1.03 bits per heavy atom. The number of rotatable bonds is 10. The Hall–Kier alpha value is -2.70. The third-order valence-electron chi connectivity index (χ3n) is 5.90. The van der Waals surface area contributed by atoms with Crippen molar-refractivity contribution in [3.8, 4) is 0 Å². The lowest BCUT2D eigenvalue weighted by Crippen LogP contribution is -2.45. The second-order valence-electron chi connectivity index (χ2n) is 8.66. The molecule has 1 saturated heterocycles. The molecule has 1 heterocycles. The fourth-order valence-corrected chi connectivity index (χ4v) is 4.08. The number of amides is 2. The zero-order chi connectivity index (χ0) is 22.9. The van der Waals surface area contributed by atoms with Crippen LogP contribution < -0.4 is 10.6 Å². The molecule has 0 aromatic heterocycles. The number of ether oxygens (including phenoxy) is 1. The molecule has 32 heavy (non-hydrogen) atoms. The summed E-state index contributed by atoms with van der Waals surface area (Å²) in [6.45, 7) is 7.97. The van der Waals surface area contributed by atoms with E-state index in [1.165, 1.54) is 12.5 Å². The van der Waals surface area contributed by atoms with Gasteiger partial charge in [0.15, 0.2) is 0 Å². The van der Waals surface area contributed by atoms with Crippen molar-refractivity contribution in [2.45, 2.75) is 51.6 Å². The van der Waals surface area contributed by atoms with Crippen molar-refractivity contribution in [3.05, 3.63) is 71.3 Å². The molecule has 1 aliphatic heterocycles. The molecule has 2 N–H and O–H groups in total. The van der Waals surface area contributed by atoms with Crippen LogP contribution >= 0.6 is 0 Å². The zero-order valence-corrected chi connectivity index (χ0v) is 19.3. The Balaban J connectivity index is 1.67. The van der Waals surface area contributed by atoms with Gasteiger partial charge in [0.2, 0.25) is 11.8 Å². The van der Waals surface area contributed by atoms with Gasteiger partial charge >= 0.3 is 0 Å². The largest absolute Gasteiger partial charge is 0.364 e. The van der Waals surface area contributed by atoms with Crippen molar-refractivity contribution in [2.24, 2.45) is 0 Å². The quantitative estimate of drug-likeness (QED) is 0.558. The number of likely N-dealkylation sites (tertiary alicyclic amines) is 1. The van der Waals surface area contributed by atoms with Crippen LogP contribution in [-0.2, 0) is 14.3 Å². The minimum atomic E-state index is -0.211. The zero-order valence-electron chi connectivity index (χ0n) is 19.3. The van der Waals surface area contributed by atoms with Crippen molar-refractivity contribution in [2.75, 3.05) is 26.4 Å².